The minimum atomic E-state index is -0.838. The lowest BCUT2D eigenvalue weighted by atomic mass is 9.79. The highest BCUT2D eigenvalue weighted by Crippen LogP contribution is 2.38. The summed E-state index contributed by atoms with van der Waals surface area (Å²) in [5.74, 6) is -1.68. The third kappa shape index (κ3) is 3.16. The first-order valence-electron chi connectivity index (χ1n) is 6.96. The number of halogens is 2. The number of nitrogens with zero attached hydrogens (tertiary/aromatic N) is 1. The van der Waals surface area contributed by atoms with Gasteiger partial charge < -0.3 is 10.4 Å². The number of hydrogen-bond donors (Lipinski definition) is 2. The predicted molar refractivity (Wildman–Crippen MR) is 74.4 cm³/mol. The molecule has 112 valence electrons. The monoisotopic (exact) mass is 284 g/mol. The largest absolute Gasteiger partial charge is 0.396 e. The van der Waals surface area contributed by atoms with Crippen LogP contribution < -0.4 is 5.32 Å². The van der Waals surface area contributed by atoms with E-state index in [0.717, 1.165) is 32.2 Å². The van der Waals surface area contributed by atoms with Gasteiger partial charge in [-0.15, -0.1) is 0 Å². The van der Waals surface area contributed by atoms with Crippen molar-refractivity contribution >= 4 is 0 Å². The van der Waals surface area contributed by atoms with E-state index in [0.29, 0.717) is 5.56 Å². The zero-order valence-corrected chi connectivity index (χ0v) is 12.0. The first-order chi connectivity index (χ1) is 9.45. The Morgan fingerprint density at radius 1 is 1.25 bits per heavy atom. The van der Waals surface area contributed by atoms with Gasteiger partial charge in [-0.1, -0.05) is 19.9 Å². The van der Waals surface area contributed by atoms with Crippen molar-refractivity contribution in [1.29, 1.82) is 0 Å². The average Bonchev–Trinajstić information content (AvgIpc) is 2.44. The minimum absolute atomic E-state index is 0.0133. The van der Waals surface area contributed by atoms with Gasteiger partial charge in [-0.25, -0.2) is 8.78 Å². The van der Waals surface area contributed by atoms with Crippen LogP contribution in [0.1, 0.15) is 25.5 Å². The van der Waals surface area contributed by atoms with Crippen molar-refractivity contribution in [2.45, 2.75) is 19.9 Å². The first kappa shape index (κ1) is 15.4. The first-order valence-corrected chi connectivity index (χ1v) is 6.96. The summed E-state index contributed by atoms with van der Waals surface area (Å²) in [6.07, 6.45) is 0. The van der Waals surface area contributed by atoms with E-state index in [2.05, 4.69) is 10.2 Å². The van der Waals surface area contributed by atoms with Gasteiger partial charge >= 0.3 is 0 Å². The molecule has 1 fully saturated rings. The fourth-order valence-electron chi connectivity index (χ4n) is 2.87. The summed E-state index contributed by atoms with van der Waals surface area (Å²) in [4.78, 5) is 2.22. The van der Waals surface area contributed by atoms with E-state index in [1.165, 1.54) is 6.07 Å². The quantitative estimate of drug-likeness (QED) is 0.887. The van der Waals surface area contributed by atoms with Crippen LogP contribution in [0.15, 0.2) is 18.2 Å². The molecule has 0 aromatic heterocycles. The molecular weight excluding hydrogens is 262 g/mol. The SMILES string of the molecule is CC(C)(CO)[C@H](c1ccc(F)c(F)c1)N1CCNCC1. The summed E-state index contributed by atoms with van der Waals surface area (Å²) in [5, 5.41) is 12.9. The number of rotatable bonds is 4. The van der Waals surface area contributed by atoms with Crippen molar-refractivity contribution in [1.82, 2.24) is 10.2 Å². The predicted octanol–water partition coefficient (Wildman–Crippen LogP) is 1.93. The lowest BCUT2D eigenvalue weighted by molar-refractivity contribution is 0.0303. The van der Waals surface area contributed by atoms with Crippen molar-refractivity contribution in [2.24, 2.45) is 5.41 Å². The van der Waals surface area contributed by atoms with Gasteiger partial charge in [0.05, 0.1) is 0 Å². The molecule has 0 amide bonds. The van der Waals surface area contributed by atoms with Crippen LogP contribution in [-0.4, -0.2) is 42.8 Å². The molecule has 0 bridgehead atoms. The van der Waals surface area contributed by atoms with Crippen LogP contribution in [-0.2, 0) is 0 Å². The van der Waals surface area contributed by atoms with Gasteiger partial charge in [-0.3, -0.25) is 4.90 Å². The fraction of sp³-hybridized carbons (Fsp3) is 0.600. The van der Waals surface area contributed by atoms with Crippen molar-refractivity contribution in [2.75, 3.05) is 32.8 Å². The van der Waals surface area contributed by atoms with Gasteiger partial charge in [0.15, 0.2) is 11.6 Å². The van der Waals surface area contributed by atoms with Crippen LogP contribution in [0.3, 0.4) is 0 Å². The van der Waals surface area contributed by atoms with E-state index in [-0.39, 0.29) is 12.6 Å². The Bertz CT molecular complexity index is 459. The number of aliphatic hydroxyl groups excluding tert-OH is 1. The van der Waals surface area contributed by atoms with E-state index in [9.17, 15) is 13.9 Å². The van der Waals surface area contributed by atoms with E-state index in [4.69, 9.17) is 0 Å². The third-order valence-electron chi connectivity index (χ3n) is 3.92. The van der Waals surface area contributed by atoms with Gasteiger partial charge in [-0.2, -0.15) is 0 Å². The van der Waals surface area contributed by atoms with Crippen LogP contribution in [0.25, 0.3) is 0 Å². The molecule has 1 aromatic carbocycles. The van der Waals surface area contributed by atoms with Gasteiger partial charge in [0.2, 0.25) is 0 Å². The molecule has 0 unspecified atom stereocenters. The second-order valence-electron chi connectivity index (χ2n) is 6.01. The normalized spacial score (nSPS) is 19.1. The second-order valence-corrected chi connectivity index (χ2v) is 6.01. The Hall–Kier alpha value is -1.04. The van der Waals surface area contributed by atoms with Crippen molar-refractivity contribution in [3.05, 3.63) is 35.4 Å². The van der Waals surface area contributed by atoms with Gasteiger partial charge in [-0.05, 0) is 17.7 Å². The Morgan fingerprint density at radius 2 is 1.90 bits per heavy atom. The maximum absolute atomic E-state index is 13.5. The summed E-state index contributed by atoms with van der Waals surface area (Å²) < 4.78 is 26.7. The number of nitrogens with one attached hydrogen (secondary N) is 1. The highest BCUT2D eigenvalue weighted by atomic mass is 19.2. The zero-order chi connectivity index (χ0) is 14.8. The topological polar surface area (TPSA) is 35.5 Å². The number of aliphatic hydroxyl groups is 1. The lowest BCUT2D eigenvalue weighted by Crippen LogP contribution is -2.49. The van der Waals surface area contributed by atoms with E-state index < -0.39 is 17.0 Å². The molecule has 2 rings (SSSR count). The molecule has 1 aliphatic heterocycles. The second kappa shape index (κ2) is 6.16. The molecular formula is C15H22F2N2O. The summed E-state index contributed by atoms with van der Waals surface area (Å²) >= 11 is 0. The van der Waals surface area contributed by atoms with Crippen LogP contribution in [0, 0.1) is 17.0 Å². The van der Waals surface area contributed by atoms with E-state index in [1.54, 1.807) is 6.07 Å². The zero-order valence-electron chi connectivity index (χ0n) is 12.0. The molecule has 20 heavy (non-hydrogen) atoms. The summed E-state index contributed by atoms with van der Waals surface area (Å²) in [6.45, 7) is 7.26. The standard InChI is InChI=1S/C15H22F2N2O/c1-15(2,10-20)14(19-7-5-18-6-8-19)11-3-4-12(16)13(17)9-11/h3-4,9,14,18,20H,5-8,10H2,1-2H3/t14-/m0/s1. The third-order valence-corrected chi connectivity index (χ3v) is 3.92. The fourth-order valence-corrected chi connectivity index (χ4v) is 2.87. The van der Waals surface area contributed by atoms with Gasteiger partial charge in [0, 0.05) is 44.2 Å². The Morgan fingerprint density at radius 3 is 2.45 bits per heavy atom. The molecule has 5 heteroatoms. The average molecular weight is 284 g/mol. The molecule has 3 nitrogen and oxygen atoms in total. The highest BCUT2D eigenvalue weighted by molar-refractivity contribution is 5.23. The Labute approximate surface area is 118 Å². The van der Waals surface area contributed by atoms with Crippen molar-refractivity contribution in [3.8, 4) is 0 Å². The van der Waals surface area contributed by atoms with Crippen molar-refractivity contribution in [3.63, 3.8) is 0 Å². The van der Waals surface area contributed by atoms with Crippen LogP contribution in [0.2, 0.25) is 0 Å². The molecule has 1 aromatic rings. The van der Waals surface area contributed by atoms with Crippen molar-refractivity contribution < 1.29 is 13.9 Å². The van der Waals surface area contributed by atoms with Gasteiger partial charge in [0.25, 0.3) is 0 Å². The summed E-state index contributed by atoms with van der Waals surface area (Å²) in [5.41, 5.74) is 0.284. The highest BCUT2D eigenvalue weighted by Gasteiger charge is 2.35. The molecule has 0 saturated carbocycles. The molecule has 1 aliphatic rings. The Balaban J connectivity index is 2.36. The number of benzene rings is 1. The number of piperazine rings is 1. The van der Waals surface area contributed by atoms with Crippen LogP contribution in [0.4, 0.5) is 8.78 Å². The van der Waals surface area contributed by atoms with E-state index in [1.807, 2.05) is 13.8 Å². The molecule has 1 atom stereocenters. The molecule has 1 saturated heterocycles. The molecule has 0 spiro atoms. The van der Waals surface area contributed by atoms with Crippen LogP contribution >= 0.6 is 0 Å². The smallest absolute Gasteiger partial charge is 0.159 e. The van der Waals surface area contributed by atoms with Crippen LogP contribution in [0.5, 0.6) is 0 Å². The molecule has 0 radical (unpaired) electrons. The molecule has 1 heterocycles. The minimum Gasteiger partial charge on any atom is -0.396 e. The molecule has 0 aliphatic carbocycles. The van der Waals surface area contributed by atoms with E-state index >= 15 is 0 Å². The number of hydrogen-bond acceptors (Lipinski definition) is 3. The maximum Gasteiger partial charge on any atom is 0.159 e. The molecule has 2 N–H and O–H groups in total. The lowest BCUT2D eigenvalue weighted by Gasteiger charge is -2.43. The Kier molecular flexibility index (Phi) is 4.73. The summed E-state index contributed by atoms with van der Waals surface area (Å²) in [7, 11) is 0. The maximum atomic E-state index is 13.5. The summed E-state index contributed by atoms with van der Waals surface area (Å²) in [6, 6.07) is 3.89. The van der Waals surface area contributed by atoms with Gasteiger partial charge in [0.1, 0.15) is 0 Å².